The number of ether oxygens (including phenoxy) is 1. The van der Waals surface area contributed by atoms with E-state index in [1.165, 1.54) is 0 Å². The van der Waals surface area contributed by atoms with Crippen LogP contribution in [0, 0.1) is 5.92 Å². The first-order valence-electron chi connectivity index (χ1n) is 10.5. The second-order valence-electron chi connectivity index (χ2n) is 7.85. The molecule has 3 N–H and O–H groups in total. The summed E-state index contributed by atoms with van der Waals surface area (Å²) in [5.41, 5.74) is -0.555. The first-order valence-corrected chi connectivity index (χ1v) is 10.5. The van der Waals surface area contributed by atoms with Crippen LogP contribution in [-0.2, 0) is 19.1 Å². The summed E-state index contributed by atoms with van der Waals surface area (Å²) in [5, 5.41) is 15.3. The van der Waals surface area contributed by atoms with E-state index >= 15 is 0 Å². The van der Waals surface area contributed by atoms with E-state index in [9.17, 15) is 19.5 Å². The first kappa shape index (κ1) is 24.9. The zero-order chi connectivity index (χ0) is 21.7. The van der Waals surface area contributed by atoms with Gasteiger partial charge in [0.05, 0.1) is 24.6 Å². The summed E-state index contributed by atoms with van der Waals surface area (Å²) < 4.78 is 5.27. The lowest BCUT2D eigenvalue weighted by Gasteiger charge is -2.28. The third-order valence-electron chi connectivity index (χ3n) is 5.21. The Balaban J connectivity index is 2.46. The van der Waals surface area contributed by atoms with Crippen LogP contribution < -0.4 is 10.6 Å². The van der Waals surface area contributed by atoms with Crippen LogP contribution >= 0.6 is 0 Å². The predicted octanol–water partition coefficient (Wildman–Crippen LogP) is 2.39. The van der Waals surface area contributed by atoms with Gasteiger partial charge in [0, 0.05) is 12.8 Å². The van der Waals surface area contributed by atoms with Crippen LogP contribution in [0.1, 0.15) is 64.7 Å². The summed E-state index contributed by atoms with van der Waals surface area (Å²) >= 11 is 0. The maximum atomic E-state index is 12.5. The van der Waals surface area contributed by atoms with Crippen molar-refractivity contribution in [2.75, 3.05) is 13.2 Å². The van der Waals surface area contributed by atoms with Gasteiger partial charge in [0.2, 0.25) is 11.8 Å². The molecule has 1 saturated carbocycles. The Labute approximate surface area is 174 Å². The van der Waals surface area contributed by atoms with Crippen LogP contribution in [-0.4, -0.2) is 47.7 Å². The molecule has 164 valence electrons. The van der Waals surface area contributed by atoms with Gasteiger partial charge in [-0.25, -0.2) is 0 Å². The lowest BCUT2D eigenvalue weighted by Crippen LogP contribution is -2.50. The third kappa shape index (κ3) is 9.26. The van der Waals surface area contributed by atoms with Crippen LogP contribution in [0.4, 0.5) is 0 Å². The van der Waals surface area contributed by atoms with Crippen molar-refractivity contribution in [2.45, 2.75) is 76.4 Å². The van der Waals surface area contributed by atoms with Crippen LogP contribution in [0.2, 0.25) is 0 Å². The highest BCUT2D eigenvalue weighted by Gasteiger charge is 2.35. The normalized spacial score (nSPS) is 17.0. The number of unbranched alkanes of at least 4 members (excludes halogenated alkanes) is 1. The van der Waals surface area contributed by atoms with Gasteiger partial charge in [-0.2, -0.15) is 0 Å². The number of hydrogen-bond donors (Lipinski definition) is 3. The zero-order valence-corrected chi connectivity index (χ0v) is 17.6. The van der Waals surface area contributed by atoms with E-state index < -0.39 is 17.6 Å². The zero-order valence-electron chi connectivity index (χ0n) is 17.6. The molecule has 0 saturated heterocycles. The summed E-state index contributed by atoms with van der Waals surface area (Å²) in [5.74, 6) is -1.38. The predicted molar refractivity (Wildman–Crippen MR) is 112 cm³/mol. The molecule has 1 aliphatic carbocycles. The topological polar surface area (TPSA) is 105 Å². The van der Waals surface area contributed by atoms with Crippen molar-refractivity contribution in [3.8, 4) is 0 Å². The molecule has 0 aromatic carbocycles. The fourth-order valence-electron chi connectivity index (χ4n) is 3.53. The van der Waals surface area contributed by atoms with Crippen molar-refractivity contribution in [3.63, 3.8) is 0 Å². The standard InChI is InChI=1S/C22H36N2O5/c1-4-6-7-11-20(27)29-17(3)15-23-21(28)18(10-5-2)14-19(26)24-22(16-25)12-8-9-13-22/h4-5,17-18,25H,1-2,6-16H2,3H3,(H,23,28)(H,24,26). The van der Waals surface area contributed by atoms with Gasteiger partial charge in [0.25, 0.3) is 0 Å². The first-order chi connectivity index (χ1) is 13.9. The molecular formula is C22H36N2O5. The molecule has 0 aromatic heterocycles. The average Bonchev–Trinajstić information content (AvgIpc) is 3.14. The van der Waals surface area contributed by atoms with E-state index in [1.807, 2.05) is 0 Å². The van der Waals surface area contributed by atoms with E-state index in [0.717, 1.165) is 32.1 Å². The Bertz CT molecular complexity index is 570. The fourth-order valence-corrected chi connectivity index (χ4v) is 3.53. The number of carbonyl (C=O) groups excluding carboxylic acids is 3. The van der Waals surface area contributed by atoms with Gasteiger partial charge in [-0.1, -0.05) is 25.0 Å². The van der Waals surface area contributed by atoms with E-state index in [-0.39, 0.29) is 37.4 Å². The van der Waals surface area contributed by atoms with Gasteiger partial charge < -0.3 is 20.5 Å². The molecule has 0 heterocycles. The van der Waals surface area contributed by atoms with Crippen molar-refractivity contribution >= 4 is 17.8 Å². The maximum Gasteiger partial charge on any atom is 0.306 e. The number of allylic oxidation sites excluding steroid dienone is 2. The largest absolute Gasteiger partial charge is 0.461 e. The minimum atomic E-state index is -0.555. The quantitative estimate of drug-likeness (QED) is 0.233. The van der Waals surface area contributed by atoms with Crippen molar-refractivity contribution in [3.05, 3.63) is 25.3 Å². The average molecular weight is 409 g/mol. The van der Waals surface area contributed by atoms with Gasteiger partial charge in [-0.05, 0) is 39.0 Å². The number of rotatable bonds is 14. The lowest BCUT2D eigenvalue weighted by atomic mass is 9.95. The molecule has 2 amide bonds. The molecular weight excluding hydrogens is 372 g/mol. The Morgan fingerprint density at radius 1 is 1.21 bits per heavy atom. The molecule has 7 nitrogen and oxygen atoms in total. The van der Waals surface area contributed by atoms with E-state index in [4.69, 9.17) is 4.74 Å². The second-order valence-corrected chi connectivity index (χ2v) is 7.85. The van der Waals surface area contributed by atoms with Crippen molar-refractivity contribution in [1.29, 1.82) is 0 Å². The molecule has 2 unspecified atom stereocenters. The van der Waals surface area contributed by atoms with Gasteiger partial charge in [-0.3, -0.25) is 14.4 Å². The Morgan fingerprint density at radius 3 is 2.48 bits per heavy atom. The molecule has 0 radical (unpaired) electrons. The molecule has 0 aliphatic heterocycles. The molecule has 2 atom stereocenters. The number of nitrogens with one attached hydrogen (secondary N) is 2. The van der Waals surface area contributed by atoms with Crippen LogP contribution in [0.3, 0.4) is 0 Å². The van der Waals surface area contributed by atoms with Gasteiger partial charge in [0.15, 0.2) is 0 Å². The van der Waals surface area contributed by atoms with Gasteiger partial charge in [0.1, 0.15) is 6.10 Å². The SMILES string of the molecule is C=CCCCC(=O)OC(C)CNC(=O)C(CC=C)CC(=O)NC1(CO)CCCC1. The molecule has 1 rings (SSSR count). The summed E-state index contributed by atoms with van der Waals surface area (Å²) in [6.07, 6.45) is 8.50. The van der Waals surface area contributed by atoms with E-state index in [2.05, 4.69) is 23.8 Å². The number of hydrogen-bond acceptors (Lipinski definition) is 5. The number of esters is 1. The molecule has 7 heteroatoms. The van der Waals surface area contributed by atoms with E-state index in [1.54, 1.807) is 19.1 Å². The smallest absolute Gasteiger partial charge is 0.306 e. The van der Waals surface area contributed by atoms with Crippen molar-refractivity contribution < 1.29 is 24.2 Å². The fraction of sp³-hybridized carbons (Fsp3) is 0.682. The Hall–Kier alpha value is -2.15. The highest BCUT2D eigenvalue weighted by atomic mass is 16.5. The maximum absolute atomic E-state index is 12.5. The van der Waals surface area contributed by atoms with Crippen molar-refractivity contribution in [1.82, 2.24) is 10.6 Å². The molecule has 0 aromatic rings. The summed E-state index contributed by atoms with van der Waals surface area (Å²) in [4.78, 5) is 36.7. The number of aliphatic hydroxyl groups is 1. The van der Waals surface area contributed by atoms with Crippen LogP contribution in [0.15, 0.2) is 25.3 Å². The Kier molecular flexibility index (Phi) is 11.3. The van der Waals surface area contributed by atoms with Crippen molar-refractivity contribution in [2.24, 2.45) is 5.92 Å². The molecule has 0 spiro atoms. The minimum Gasteiger partial charge on any atom is -0.461 e. The van der Waals surface area contributed by atoms with E-state index in [0.29, 0.717) is 19.3 Å². The Morgan fingerprint density at radius 2 is 1.90 bits per heavy atom. The molecule has 29 heavy (non-hydrogen) atoms. The molecule has 1 aliphatic rings. The number of carbonyl (C=O) groups is 3. The minimum absolute atomic E-state index is 0.0231. The summed E-state index contributed by atoms with van der Waals surface area (Å²) in [6.45, 7) is 9.08. The highest BCUT2D eigenvalue weighted by Crippen LogP contribution is 2.29. The lowest BCUT2D eigenvalue weighted by molar-refractivity contribution is -0.148. The third-order valence-corrected chi connectivity index (χ3v) is 5.21. The van der Waals surface area contributed by atoms with Crippen LogP contribution in [0.25, 0.3) is 0 Å². The number of amides is 2. The summed E-state index contributed by atoms with van der Waals surface area (Å²) in [6, 6.07) is 0. The second kappa shape index (κ2) is 13.1. The van der Waals surface area contributed by atoms with Crippen LogP contribution in [0.5, 0.6) is 0 Å². The summed E-state index contributed by atoms with van der Waals surface area (Å²) in [7, 11) is 0. The van der Waals surface area contributed by atoms with Gasteiger partial charge >= 0.3 is 5.97 Å². The molecule has 0 bridgehead atoms. The molecule has 1 fully saturated rings. The highest BCUT2D eigenvalue weighted by molar-refractivity contribution is 5.86. The number of aliphatic hydroxyl groups excluding tert-OH is 1. The monoisotopic (exact) mass is 408 g/mol. The van der Waals surface area contributed by atoms with Gasteiger partial charge in [-0.15, -0.1) is 13.2 Å².